The normalized spacial score (nSPS) is 11.7. The highest BCUT2D eigenvalue weighted by molar-refractivity contribution is 7.21. The molecule has 6 nitrogen and oxygen atoms in total. The highest BCUT2D eigenvalue weighted by Crippen LogP contribution is 2.36. The third kappa shape index (κ3) is 4.25. The molecule has 0 saturated carbocycles. The Hall–Kier alpha value is -2.69. The summed E-state index contributed by atoms with van der Waals surface area (Å²) < 4.78 is 38.1. The number of thiazole rings is 1. The molecule has 4 rings (SSSR count). The van der Waals surface area contributed by atoms with E-state index in [-0.39, 0.29) is 0 Å². The van der Waals surface area contributed by atoms with Crippen LogP contribution in [0.15, 0.2) is 36.5 Å². The number of alkyl halides is 3. The quantitative estimate of drug-likeness (QED) is 0.349. The van der Waals surface area contributed by atoms with Crippen LogP contribution < -0.4 is 10.6 Å². The number of para-hydroxylation sites is 1. The predicted octanol–water partition coefficient (Wildman–Crippen LogP) is 6.60. The van der Waals surface area contributed by atoms with Gasteiger partial charge in [-0.2, -0.15) is 13.2 Å². The highest BCUT2D eigenvalue weighted by Gasteiger charge is 2.32. The van der Waals surface area contributed by atoms with Crippen molar-refractivity contribution in [1.82, 2.24) is 19.9 Å². The molecule has 0 unspecified atom stereocenters. The number of nitrogens with one attached hydrogen (secondary N) is 2. The Morgan fingerprint density at radius 1 is 0.967 bits per heavy atom. The van der Waals surface area contributed by atoms with Gasteiger partial charge < -0.3 is 10.6 Å². The second-order valence-corrected chi connectivity index (χ2v) is 7.86. The van der Waals surface area contributed by atoms with E-state index in [1.807, 2.05) is 0 Å². The Bertz CT molecular complexity index is 1210. The van der Waals surface area contributed by atoms with Gasteiger partial charge in [0.2, 0.25) is 0 Å². The summed E-state index contributed by atoms with van der Waals surface area (Å²) in [7, 11) is 0. The van der Waals surface area contributed by atoms with Crippen molar-refractivity contribution in [3.05, 3.63) is 58.1 Å². The number of aromatic nitrogens is 4. The molecule has 0 spiro atoms. The standard InChI is InChI=1S/C18H11Cl2F3N6S/c1-8-25-15(27-9-5-6-12(24-7-9)18(21,22)23)14-16(26-8)30-17(29-14)28-13-10(19)3-2-4-11(13)20/h2-7H,1H3,(H,28,29)(H,25,26,27). The highest BCUT2D eigenvalue weighted by atomic mass is 35.5. The molecule has 0 aliphatic heterocycles. The number of nitrogens with zero attached hydrogens (tertiary/aromatic N) is 4. The molecule has 0 fully saturated rings. The smallest absolute Gasteiger partial charge is 0.337 e. The number of benzene rings is 1. The van der Waals surface area contributed by atoms with E-state index in [4.69, 9.17) is 23.2 Å². The van der Waals surface area contributed by atoms with Crippen LogP contribution in [-0.2, 0) is 6.18 Å². The SMILES string of the molecule is Cc1nc(Nc2ccc(C(F)(F)F)nc2)c2nc(Nc3c(Cl)cccc3Cl)sc2n1. The molecule has 30 heavy (non-hydrogen) atoms. The van der Waals surface area contributed by atoms with Gasteiger partial charge in [-0.1, -0.05) is 40.6 Å². The number of aryl methyl sites for hydroxylation is 1. The number of hydrogen-bond acceptors (Lipinski definition) is 7. The Kier molecular flexibility index (Phi) is 5.39. The zero-order valence-corrected chi connectivity index (χ0v) is 17.4. The second kappa shape index (κ2) is 7.86. The first-order valence-electron chi connectivity index (χ1n) is 8.37. The summed E-state index contributed by atoms with van der Waals surface area (Å²) in [5, 5.41) is 7.36. The molecule has 12 heteroatoms. The van der Waals surface area contributed by atoms with Crippen molar-refractivity contribution in [1.29, 1.82) is 0 Å². The molecule has 3 heterocycles. The number of anilines is 4. The fourth-order valence-electron chi connectivity index (χ4n) is 2.57. The summed E-state index contributed by atoms with van der Waals surface area (Å²) in [5.41, 5.74) is 0.301. The van der Waals surface area contributed by atoms with Crippen molar-refractivity contribution in [3.8, 4) is 0 Å². The van der Waals surface area contributed by atoms with Crippen molar-refractivity contribution < 1.29 is 13.2 Å². The molecule has 0 aliphatic rings. The lowest BCUT2D eigenvalue weighted by Gasteiger charge is -2.09. The summed E-state index contributed by atoms with van der Waals surface area (Å²) in [6.07, 6.45) is -3.42. The van der Waals surface area contributed by atoms with Gasteiger partial charge in [0.1, 0.15) is 17.0 Å². The Morgan fingerprint density at radius 3 is 2.33 bits per heavy atom. The molecular weight excluding hydrogens is 460 g/mol. The van der Waals surface area contributed by atoms with Crippen LogP contribution in [0.5, 0.6) is 0 Å². The van der Waals surface area contributed by atoms with E-state index in [0.29, 0.717) is 48.5 Å². The molecule has 4 aromatic rings. The fourth-order valence-corrected chi connectivity index (χ4v) is 3.95. The van der Waals surface area contributed by atoms with Crippen molar-refractivity contribution >= 4 is 67.2 Å². The average Bonchev–Trinajstić information content (AvgIpc) is 3.07. The summed E-state index contributed by atoms with van der Waals surface area (Å²) in [4.78, 5) is 17.2. The molecule has 0 amide bonds. The molecule has 154 valence electrons. The number of hydrogen-bond donors (Lipinski definition) is 2. The maximum atomic E-state index is 12.7. The fraction of sp³-hybridized carbons (Fsp3) is 0.111. The van der Waals surface area contributed by atoms with Crippen LogP contribution >= 0.6 is 34.5 Å². The zero-order valence-electron chi connectivity index (χ0n) is 15.1. The van der Waals surface area contributed by atoms with Gasteiger partial charge in [0.05, 0.1) is 27.6 Å². The van der Waals surface area contributed by atoms with E-state index in [0.717, 1.165) is 12.3 Å². The molecule has 0 radical (unpaired) electrons. The van der Waals surface area contributed by atoms with E-state index in [1.165, 1.54) is 17.4 Å². The van der Waals surface area contributed by atoms with Crippen LogP contribution in [0.25, 0.3) is 10.3 Å². The van der Waals surface area contributed by atoms with Gasteiger partial charge in [0.15, 0.2) is 15.8 Å². The first-order chi connectivity index (χ1) is 14.2. The molecule has 2 N–H and O–H groups in total. The maximum Gasteiger partial charge on any atom is 0.433 e. The zero-order chi connectivity index (χ0) is 21.5. The van der Waals surface area contributed by atoms with Gasteiger partial charge in [-0.15, -0.1) is 0 Å². The first kappa shape index (κ1) is 20.6. The third-order valence-corrected chi connectivity index (χ3v) is 5.38. The number of rotatable bonds is 4. The van der Waals surface area contributed by atoms with E-state index in [1.54, 1.807) is 25.1 Å². The summed E-state index contributed by atoms with van der Waals surface area (Å²) in [6, 6.07) is 7.27. The van der Waals surface area contributed by atoms with Gasteiger partial charge >= 0.3 is 6.18 Å². The maximum absolute atomic E-state index is 12.7. The molecule has 0 aliphatic carbocycles. The largest absolute Gasteiger partial charge is 0.433 e. The lowest BCUT2D eigenvalue weighted by molar-refractivity contribution is -0.141. The number of halogens is 5. The van der Waals surface area contributed by atoms with Gasteiger partial charge in [-0.05, 0) is 31.2 Å². The summed E-state index contributed by atoms with van der Waals surface area (Å²) >= 11 is 13.6. The van der Waals surface area contributed by atoms with Crippen LogP contribution in [0, 0.1) is 6.92 Å². The molecule has 1 aromatic carbocycles. The van der Waals surface area contributed by atoms with E-state index >= 15 is 0 Å². The minimum absolute atomic E-state index is 0.332. The molecule has 3 aromatic heterocycles. The summed E-state index contributed by atoms with van der Waals surface area (Å²) in [5.74, 6) is 0.810. The van der Waals surface area contributed by atoms with Crippen molar-refractivity contribution in [3.63, 3.8) is 0 Å². The molecule has 0 saturated heterocycles. The van der Waals surface area contributed by atoms with Gasteiger partial charge in [0.25, 0.3) is 0 Å². The van der Waals surface area contributed by atoms with Gasteiger partial charge in [0, 0.05) is 0 Å². The van der Waals surface area contributed by atoms with E-state index < -0.39 is 11.9 Å². The van der Waals surface area contributed by atoms with E-state index in [9.17, 15) is 13.2 Å². The topological polar surface area (TPSA) is 75.6 Å². The molecule has 0 atom stereocenters. The van der Waals surface area contributed by atoms with Gasteiger partial charge in [-0.3, -0.25) is 0 Å². The third-order valence-electron chi connectivity index (χ3n) is 3.88. The second-order valence-electron chi connectivity index (χ2n) is 6.07. The molecular formula is C18H11Cl2F3N6S. The first-order valence-corrected chi connectivity index (χ1v) is 9.94. The van der Waals surface area contributed by atoms with Gasteiger partial charge in [-0.25, -0.2) is 19.9 Å². The van der Waals surface area contributed by atoms with Crippen molar-refractivity contribution in [2.75, 3.05) is 10.6 Å². The van der Waals surface area contributed by atoms with Crippen molar-refractivity contribution in [2.45, 2.75) is 13.1 Å². The monoisotopic (exact) mass is 470 g/mol. The average molecular weight is 471 g/mol. The Morgan fingerprint density at radius 2 is 1.70 bits per heavy atom. The van der Waals surface area contributed by atoms with Crippen LogP contribution in [0.1, 0.15) is 11.5 Å². The van der Waals surface area contributed by atoms with Crippen LogP contribution in [0.3, 0.4) is 0 Å². The van der Waals surface area contributed by atoms with Crippen molar-refractivity contribution in [2.24, 2.45) is 0 Å². The minimum atomic E-state index is -4.51. The Labute approximate surface area is 182 Å². The van der Waals surface area contributed by atoms with E-state index in [2.05, 4.69) is 30.6 Å². The minimum Gasteiger partial charge on any atom is -0.337 e. The predicted molar refractivity (Wildman–Crippen MR) is 112 cm³/mol. The number of fused-ring (bicyclic) bond motifs is 1. The lowest BCUT2D eigenvalue weighted by atomic mass is 10.3. The lowest BCUT2D eigenvalue weighted by Crippen LogP contribution is -2.07. The number of pyridine rings is 1. The molecule has 0 bridgehead atoms. The van der Waals surface area contributed by atoms with Crippen LogP contribution in [0.4, 0.5) is 35.5 Å². The Balaban J connectivity index is 1.67. The van der Waals surface area contributed by atoms with Crippen LogP contribution in [-0.4, -0.2) is 19.9 Å². The summed E-state index contributed by atoms with van der Waals surface area (Å²) in [6.45, 7) is 1.70. The van der Waals surface area contributed by atoms with Crippen LogP contribution in [0.2, 0.25) is 10.0 Å².